The van der Waals surface area contributed by atoms with E-state index in [2.05, 4.69) is 10.6 Å². The minimum atomic E-state index is -0.332. The Hall–Kier alpha value is -2.23. The van der Waals surface area contributed by atoms with Crippen LogP contribution in [0.3, 0.4) is 0 Å². The molecule has 0 radical (unpaired) electrons. The Balaban J connectivity index is 2.19. The van der Waals surface area contributed by atoms with Gasteiger partial charge >= 0.3 is 0 Å². The molecule has 1 heterocycles. The summed E-state index contributed by atoms with van der Waals surface area (Å²) in [5.74, 6) is -0.370. The number of amides is 1. The number of rotatable bonds is 2. The van der Waals surface area contributed by atoms with E-state index in [0.29, 0.717) is 6.54 Å². The average molecular weight is 244 g/mol. The first-order valence-electron chi connectivity index (χ1n) is 5.79. The largest absolute Gasteiger partial charge is 0.506 e. The van der Waals surface area contributed by atoms with Gasteiger partial charge in [0, 0.05) is 12.2 Å². The minimum absolute atomic E-state index is 0.0388. The van der Waals surface area contributed by atoms with Gasteiger partial charge in [-0.3, -0.25) is 4.79 Å². The van der Waals surface area contributed by atoms with Crippen molar-refractivity contribution < 1.29 is 9.90 Å². The highest BCUT2D eigenvalue weighted by atomic mass is 16.3. The summed E-state index contributed by atoms with van der Waals surface area (Å²) in [6, 6.07) is 5.82. The van der Waals surface area contributed by atoms with Gasteiger partial charge in [-0.05, 0) is 43.2 Å². The molecule has 0 aliphatic carbocycles. The van der Waals surface area contributed by atoms with Gasteiger partial charge < -0.3 is 15.7 Å². The van der Waals surface area contributed by atoms with Gasteiger partial charge in [-0.15, -0.1) is 0 Å². The van der Waals surface area contributed by atoms with Gasteiger partial charge in [-0.2, -0.15) is 0 Å². The molecule has 0 fully saturated rings. The van der Waals surface area contributed by atoms with Crippen LogP contribution in [0.5, 0.6) is 0 Å². The predicted molar refractivity (Wildman–Crippen MR) is 71.3 cm³/mol. The molecule has 3 N–H and O–H groups in total. The molecule has 0 aromatic heterocycles. The molecule has 1 amide bonds. The molecule has 0 atom stereocenters. The minimum Gasteiger partial charge on any atom is -0.506 e. The summed E-state index contributed by atoms with van der Waals surface area (Å²) in [5.41, 5.74) is 3.10. The third-order valence-corrected chi connectivity index (χ3v) is 2.64. The molecule has 0 unspecified atom stereocenters. The molecule has 1 aromatic rings. The van der Waals surface area contributed by atoms with E-state index in [-0.39, 0.29) is 17.4 Å². The van der Waals surface area contributed by atoms with Crippen molar-refractivity contribution in [3.8, 4) is 0 Å². The summed E-state index contributed by atoms with van der Waals surface area (Å²) in [6.07, 6.45) is 3.27. The maximum atomic E-state index is 12.0. The van der Waals surface area contributed by atoms with E-state index < -0.39 is 0 Å². The fourth-order valence-corrected chi connectivity index (χ4v) is 1.94. The Kier molecular flexibility index (Phi) is 3.37. The van der Waals surface area contributed by atoms with Crippen molar-refractivity contribution in [1.82, 2.24) is 5.32 Å². The lowest BCUT2D eigenvalue weighted by atomic mass is 10.1. The van der Waals surface area contributed by atoms with E-state index in [1.54, 1.807) is 6.08 Å². The molecule has 4 nitrogen and oxygen atoms in total. The van der Waals surface area contributed by atoms with Crippen molar-refractivity contribution in [1.29, 1.82) is 0 Å². The number of hydrogen-bond donors (Lipinski definition) is 3. The third-order valence-electron chi connectivity index (χ3n) is 2.64. The third kappa shape index (κ3) is 2.71. The van der Waals surface area contributed by atoms with E-state index in [0.717, 1.165) is 16.8 Å². The van der Waals surface area contributed by atoms with Crippen LogP contribution in [-0.2, 0) is 4.79 Å². The molecule has 0 bridgehead atoms. The second kappa shape index (κ2) is 4.96. The number of anilines is 1. The molecule has 1 aromatic carbocycles. The number of aryl methyl sites for hydroxylation is 2. The Morgan fingerprint density at radius 1 is 1.28 bits per heavy atom. The van der Waals surface area contributed by atoms with Crippen molar-refractivity contribution in [2.45, 2.75) is 13.8 Å². The Bertz CT molecular complexity index is 524. The second-order valence-electron chi connectivity index (χ2n) is 4.37. The van der Waals surface area contributed by atoms with E-state index >= 15 is 0 Å². The van der Waals surface area contributed by atoms with Crippen LogP contribution in [0.4, 0.5) is 5.69 Å². The van der Waals surface area contributed by atoms with Crippen LogP contribution in [0.15, 0.2) is 41.8 Å². The molecule has 1 aliphatic rings. The van der Waals surface area contributed by atoms with Gasteiger partial charge in [0.05, 0.1) is 0 Å². The van der Waals surface area contributed by atoms with E-state index in [1.165, 1.54) is 6.08 Å². The number of dihydropyridines is 1. The molecular formula is C14H16N2O2. The number of allylic oxidation sites excluding steroid dienone is 1. The van der Waals surface area contributed by atoms with Gasteiger partial charge in [0.15, 0.2) is 0 Å². The highest BCUT2D eigenvalue weighted by molar-refractivity contribution is 6.04. The number of aliphatic hydroxyl groups is 1. The smallest absolute Gasteiger partial charge is 0.275 e. The molecule has 18 heavy (non-hydrogen) atoms. The molecular weight excluding hydrogens is 228 g/mol. The van der Waals surface area contributed by atoms with Crippen LogP contribution in [0.2, 0.25) is 0 Å². The summed E-state index contributed by atoms with van der Waals surface area (Å²) >= 11 is 0. The molecule has 2 rings (SSSR count). The van der Waals surface area contributed by atoms with Crippen molar-refractivity contribution in [3.05, 3.63) is 52.9 Å². The van der Waals surface area contributed by atoms with Crippen molar-refractivity contribution in [2.24, 2.45) is 0 Å². The first-order chi connectivity index (χ1) is 8.56. The Labute approximate surface area is 106 Å². The summed E-state index contributed by atoms with van der Waals surface area (Å²) in [7, 11) is 0. The van der Waals surface area contributed by atoms with Crippen molar-refractivity contribution >= 4 is 11.6 Å². The maximum Gasteiger partial charge on any atom is 0.275 e. The monoisotopic (exact) mass is 244 g/mol. The lowest BCUT2D eigenvalue weighted by Crippen LogP contribution is -2.29. The molecule has 94 valence electrons. The molecule has 4 heteroatoms. The van der Waals surface area contributed by atoms with Gasteiger partial charge in [0.25, 0.3) is 5.91 Å². The molecule has 1 aliphatic heterocycles. The van der Waals surface area contributed by atoms with Gasteiger partial charge in [-0.1, -0.05) is 12.1 Å². The quantitative estimate of drug-likeness (QED) is 0.747. The lowest BCUT2D eigenvalue weighted by Gasteiger charge is -2.14. The van der Waals surface area contributed by atoms with E-state index in [9.17, 15) is 9.90 Å². The highest BCUT2D eigenvalue weighted by Gasteiger charge is 2.15. The molecule has 0 saturated carbocycles. The fourth-order valence-electron chi connectivity index (χ4n) is 1.94. The van der Waals surface area contributed by atoms with Crippen LogP contribution in [0.25, 0.3) is 0 Å². The number of nitrogens with one attached hydrogen (secondary N) is 2. The highest BCUT2D eigenvalue weighted by Crippen LogP contribution is 2.15. The van der Waals surface area contributed by atoms with Crippen molar-refractivity contribution in [2.75, 3.05) is 11.9 Å². The summed E-state index contributed by atoms with van der Waals surface area (Å²) < 4.78 is 0. The van der Waals surface area contributed by atoms with Gasteiger partial charge in [-0.25, -0.2) is 0 Å². The van der Waals surface area contributed by atoms with Crippen LogP contribution in [-0.4, -0.2) is 17.6 Å². The molecule has 0 spiro atoms. The second-order valence-corrected chi connectivity index (χ2v) is 4.37. The number of benzene rings is 1. The van der Waals surface area contributed by atoms with Crippen LogP contribution < -0.4 is 10.6 Å². The first kappa shape index (κ1) is 12.2. The van der Waals surface area contributed by atoms with Gasteiger partial charge in [0.2, 0.25) is 0 Å². The van der Waals surface area contributed by atoms with Gasteiger partial charge in [0.1, 0.15) is 11.5 Å². The van der Waals surface area contributed by atoms with E-state index in [1.807, 2.05) is 32.0 Å². The van der Waals surface area contributed by atoms with Crippen LogP contribution in [0, 0.1) is 13.8 Å². The zero-order valence-corrected chi connectivity index (χ0v) is 10.4. The Morgan fingerprint density at radius 2 is 1.94 bits per heavy atom. The number of carbonyl (C=O) groups excluding carboxylic acids is 1. The van der Waals surface area contributed by atoms with E-state index in [4.69, 9.17) is 0 Å². The first-order valence-corrected chi connectivity index (χ1v) is 5.79. The summed E-state index contributed by atoms with van der Waals surface area (Å²) in [5, 5.41) is 15.2. The lowest BCUT2D eigenvalue weighted by molar-refractivity contribution is -0.113. The molecule has 0 saturated heterocycles. The Morgan fingerprint density at radius 3 is 2.56 bits per heavy atom. The SMILES string of the molecule is Cc1cc(C)cc(NC(=O)C2=C(O)C=CCN2)c1. The zero-order chi connectivity index (χ0) is 13.1. The normalized spacial score (nSPS) is 14.3. The average Bonchev–Trinajstić information content (AvgIpc) is 2.27. The zero-order valence-electron chi connectivity index (χ0n) is 10.4. The number of hydrogen-bond acceptors (Lipinski definition) is 3. The summed E-state index contributed by atoms with van der Waals surface area (Å²) in [6.45, 7) is 4.49. The number of aliphatic hydroxyl groups excluding tert-OH is 1. The predicted octanol–water partition coefficient (Wildman–Crippen LogP) is 2.17. The number of carbonyl (C=O) groups is 1. The van der Waals surface area contributed by atoms with Crippen LogP contribution in [0.1, 0.15) is 11.1 Å². The van der Waals surface area contributed by atoms with Crippen LogP contribution >= 0.6 is 0 Å². The standard InChI is InChI=1S/C14H16N2O2/c1-9-6-10(2)8-11(7-9)16-14(18)13-12(17)4-3-5-15-13/h3-4,6-8,15,17H,5H2,1-2H3,(H,16,18). The fraction of sp³-hybridized carbons (Fsp3) is 0.214. The van der Waals surface area contributed by atoms with Crippen molar-refractivity contribution in [3.63, 3.8) is 0 Å². The maximum absolute atomic E-state index is 12.0. The summed E-state index contributed by atoms with van der Waals surface area (Å²) in [4.78, 5) is 12.0. The topological polar surface area (TPSA) is 61.4 Å².